The van der Waals surface area contributed by atoms with Gasteiger partial charge in [0.1, 0.15) is 37.3 Å². The third kappa shape index (κ3) is 13.7. The Morgan fingerprint density at radius 2 is 1.63 bits per heavy atom. The van der Waals surface area contributed by atoms with Gasteiger partial charge in [-0.05, 0) is 55.5 Å². The van der Waals surface area contributed by atoms with E-state index in [2.05, 4.69) is 29.3 Å². The van der Waals surface area contributed by atoms with Crippen LogP contribution in [0.2, 0.25) is 0 Å². The molecular formula is C39H54N2O8. The molecule has 0 saturated carbocycles. The molecule has 4 rings (SSSR count). The first-order chi connectivity index (χ1) is 23.9. The summed E-state index contributed by atoms with van der Waals surface area (Å²) in [5.41, 5.74) is 2.94. The number of nitrogens with zero attached hydrogens (tertiary/aromatic N) is 1. The fraction of sp³-hybridized carbons (Fsp3) is 0.513. The van der Waals surface area contributed by atoms with E-state index in [1.54, 1.807) is 0 Å². The van der Waals surface area contributed by atoms with Crippen LogP contribution in [0.4, 0.5) is 4.79 Å². The lowest BCUT2D eigenvalue weighted by Gasteiger charge is -2.38. The van der Waals surface area contributed by atoms with Crippen molar-refractivity contribution in [1.29, 1.82) is 0 Å². The number of alkyl carbamates (subject to hydrolysis) is 1. The number of rotatable bonds is 21. The predicted molar refractivity (Wildman–Crippen MR) is 188 cm³/mol. The first kappa shape index (κ1) is 38.3. The number of nitrogens with one attached hydrogen (secondary N) is 1. The summed E-state index contributed by atoms with van der Waals surface area (Å²) in [6.07, 6.45) is 1.42. The molecule has 1 aliphatic rings. The molecule has 0 spiro atoms. The van der Waals surface area contributed by atoms with Gasteiger partial charge in [0.25, 0.3) is 0 Å². The number of carbonyl (C=O) groups is 1. The highest BCUT2D eigenvalue weighted by molar-refractivity contribution is 5.67. The lowest BCUT2D eigenvalue weighted by molar-refractivity contribution is -0.283. The van der Waals surface area contributed by atoms with E-state index < -0.39 is 36.8 Å². The first-order valence-corrected chi connectivity index (χ1v) is 17.7. The van der Waals surface area contributed by atoms with E-state index in [-0.39, 0.29) is 19.8 Å². The highest BCUT2D eigenvalue weighted by Gasteiger charge is 2.39. The quantitative estimate of drug-likeness (QED) is 0.110. The van der Waals surface area contributed by atoms with Gasteiger partial charge in [-0.15, -0.1) is 0 Å². The van der Waals surface area contributed by atoms with Crippen molar-refractivity contribution in [2.45, 2.75) is 89.2 Å². The van der Waals surface area contributed by atoms with Gasteiger partial charge in [0.05, 0.1) is 12.7 Å². The van der Waals surface area contributed by atoms with Gasteiger partial charge in [-0.3, -0.25) is 4.90 Å². The highest BCUT2D eigenvalue weighted by atomic mass is 16.7. The lowest BCUT2D eigenvalue weighted by Crippen LogP contribution is -2.54. The van der Waals surface area contributed by atoms with Crippen molar-refractivity contribution in [2.75, 3.05) is 39.4 Å². The molecule has 1 heterocycles. The molecule has 4 N–H and O–H groups in total. The summed E-state index contributed by atoms with van der Waals surface area (Å²) in [5.74, 6) is 0.767. The third-order valence-corrected chi connectivity index (χ3v) is 8.63. The van der Waals surface area contributed by atoms with Crippen LogP contribution in [0.15, 0.2) is 84.9 Å². The van der Waals surface area contributed by atoms with Crippen molar-refractivity contribution in [3.8, 4) is 5.75 Å². The van der Waals surface area contributed by atoms with E-state index in [1.165, 1.54) is 5.56 Å². The van der Waals surface area contributed by atoms with Crippen LogP contribution in [-0.2, 0) is 27.2 Å². The summed E-state index contributed by atoms with van der Waals surface area (Å²) in [6, 6.07) is 27.0. The van der Waals surface area contributed by atoms with Crippen molar-refractivity contribution >= 4 is 6.09 Å². The SMILES string of the molecule is CCCCCCN(CCOc1ccc(CCCCNC(=O)OCc2ccccc2)cc1)C[C@H](O)[C@@H](O)[C@@H]1OC(c2ccccc2)OC[C@H]1O. The zero-order chi connectivity index (χ0) is 34.7. The largest absolute Gasteiger partial charge is 0.492 e. The fourth-order valence-corrected chi connectivity index (χ4v) is 5.76. The van der Waals surface area contributed by atoms with Crippen molar-refractivity contribution < 1.29 is 39.1 Å². The second-order valence-corrected chi connectivity index (χ2v) is 12.6. The van der Waals surface area contributed by atoms with Gasteiger partial charge in [-0.2, -0.15) is 0 Å². The van der Waals surface area contributed by atoms with Crippen LogP contribution in [0, 0.1) is 0 Å². The molecule has 3 aromatic carbocycles. The number of carbonyl (C=O) groups excluding carboxylic acids is 1. The Morgan fingerprint density at radius 3 is 2.37 bits per heavy atom. The van der Waals surface area contributed by atoms with Crippen LogP contribution < -0.4 is 10.1 Å². The Hall–Kier alpha value is -3.51. The molecule has 1 fully saturated rings. The van der Waals surface area contributed by atoms with Crippen LogP contribution in [0.5, 0.6) is 5.75 Å². The molecule has 0 aromatic heterocycles. The molecule has 1 aliphatic heterocycles. The molecule has 10 heteroatoms. The first-order valence-electron chi connectivity index (χ1n) is 17.7. The van der Waals surface area contributed by atoms with Gasteiger partial charge in [0, 0.05) is 25.2 Å². The number of ether oxygens (including phenoxy) is 4. The van der Waals surface area contributed by atoms with Gasteiger partial charge >= 0.3 is 6.09 Å². The standard InChI is InChI=1S/C39H54N2O8/c1-2-3-4-13-24-41(27-34(42)36(44)37-35(43)29-47-38(49-37)32-17-9-6-10-18-32)25-26-46-33-21-19-30(20-22-33)14-11-12-23-40-39(45)48-28-31-15-7-5-8-16-31/h5-10,15-22,34-38,42-44H,2-4,11-14,23-29H2,1H3,(H,40,45)/t34-,35+,36+,37+,38?/m0/s1. The molecule has 1 amide bonds. The van der Waals surface area contributed by atoms with Gasteiger partial charge in [0.15, 0.2) is 6.29 Å². The van der Waals surface area contributed by atoms with E-state index in [0.717, 1.165) is 68.4 Å². The van der Waals surface area contributed by atoms with E-state index in [1.807, 2.05) is 72.8 Å². The second kappa shape index (κ2) is 21.5. The molecule has 1 unspecified atom stereocenters. The van der Waals surface area contributed by atoms with Crippen LogP contribution in [0.1, 0.15) is 68.4 Å². The Bertz CT molecular complexity index is 1310. The molecule has 3 aromatic rings. The Morgan fingerprint density at radius 1 is 0.898 bits per heavy atom. The second-order valence-electron chi connectivity index (χ2n) is 12.6. The summed E-state index contributed by atoms with van der Waals surface area (Å²) in [6.45, 7) is 4.97. The maximum absolute atomic E-state index is 11.9. The van der Waals surface area contributed by atoms with E-state index >= 15 is 0 Å². The maximum Gasteiger partial charge on any atom is 0.407 e. The van der Waals surface area contributed by atoms with Gasteiger partial charge < -0.3 is 39.6 Å². The van der Waals surface area contributed by atoms with Crippen molar-refractivity contribution in [3.05, 3.63) is 102 Å². The highest BCUT2D eigenvalue weighted by Crippen LogP contribution is 2.29. The number of unbranched alkanes of at least 4 members (excludes halogenated alkanes) is 4. The normalized spacial score (nSPS) is 18.9. The number of amides is 1. The van der Waals surface area contributed by atoms with Crippen LogP contribution in [0.25, 0.3) is 0 Å². The number of benzene rings is 3. The number of aryl methyl sites for hydroxylation is 1. The van der Waals surface area contributed by atoms with E-state index in [9.17, 15) is 20.1 Å². The third-order valence-electron chi connectivity index (χ3n) is 8.63. The topological polar surface area (TPSA) is 130 Å². The Balaban J connectivity index is 1.17. The summed E-state index contributed by atoms with van der Waals surface area (Å²) in [5, 5.41) is 35.5. The lowest BCUT2D eigenvalue weighted by atomic mass is 10.0. The predicted octanol–water partition coefficient (Wildman–Crippen LogP) is 5.39. The molecule has 1 saturated heterocycles. The van der Waals surface area contributed by atoms with Gasteiger partial charge in [0.2, 0.25) is 0 Å². The minimum Gasteiger partial charge on any atom is -0.492 e. The van der Waals surface area contributed by atoms with E-state index in [4.69, 9.17) is 18.9 Å². The zero-order valence-electron chi connectivity index (χ0n) is 28.7. The van der Waals surface area contributed by atoms with Crippen LogP contribution in [-0.4, -0.2) is 90.1 Å². The van der Waals surface area contributed by atoms with Crippen molar-refractivity contribution in [2.24, 2.45) is 0 Å². The molecule has 49 heavy (non-hydrogen) atoms. The van der Waals surface area contributed by atoms with Crippen molar-refractivity contribution in [3.63, 3.8) is 0 Å². The summed E-state index contributed by atoms with van der Waals surface area (Å²) >= 11 is 0. The van der Waals surface area contributed by atoms with Gasteiger partial charge in [-0.1, -0.05) is 99.0 Å². The Labute approximate surface area is 291 Å². The molecule has 268 valence electrons. The van der Waals surface area contributed by atoms with E-state index in [0.29, 0.717) is 19.7 Å². The summed E-state index contributed by atoms with van der Waals surface area (Å²) < 4.78 is 22.9. The number of hydrogen-bond acceptors (Lipinski definition) is 9. The summed E-state index contributed by atoms with van der Waals surface area (Å²) in [4.78, 5) is 14.0. The smallest absolute Gasteiger partial charge is 0.407 e. The average Bonchev–Trinajstić information content (AvgIpc) is 3.13. The summed E-state index contributed by atoms with van der Waals surface area (Å²) in [7, 11) is 0. The monoisotopic (exact) mass is 678 g/mol. The molecule has 0 aliphatic carbocycles. The maximum atomic E-state index is 11.9. The van der Waals surface area contributed by atoms with Gasteiger partial charge in [-0.25, -0.2) is 4.79 Å². The Kier molecular flexibility index (Phi) is 16.8. The van der Waals surface area contributed by atoms with Crippen LogP contribution >= 0.6 is 0 Å². The molecule has 10 nitrogen and oxygen atoms in total. The number of hydrogen-bond donors (Lipinski definition) is 4. The molecule has 5 atom stereocenters. The molecular weight excluding hydrogens is 624 g/mol. The zero-order valence-corrected chi connectivity index (χ0v) is 28.7. The number of aliphatic hydroxyl groups excluding tert-OH is 3. The average molecular weight is 679 g/mol. The molecule has 0 radical (unpaired) electrons. The van der Waals surface area contributed by atoms with Crippen LogP contribution in [0.3, 0.4) is 0 Å². The number of aliphatic hydroxyl groups is 3. The van der Waals surface area contributed by atoms with Crippen molar-refractivity contribution in [1.82, 2.24) is 10.2 Å². The molecule has 0 bridgehead atoms. The minimum absolute atomic E-state index is 0.00455. The minimum atomic E-state index is -1.29. The fourth-order valence-electron chi connectivity index (χ4n) is 5.76.